The van der Waals surface area contributed by atoms with Gasteiger partial charge in [0.05, 0.1) is 6.04 Å². The molecule has 138 valence electrons. The quantitative estimate of drug-likeness (QED) is 0.867. The molecule has 0 spiro atoms. The van der Waals surface area contributed by atoms with Crippen LogP contribution in [-0.2, 0) is 11.2 Å². The zero-order valence-corrected chi connectivity index (χ0v) is 15.8. The lowest BCUT2D eigenvalue weighted by molar-refractivity contribution is -0.132. The van der Waals surface area contributed by atoms with E-state index in [-0.39, 0.29) is 18.4 Å². The molecule has 2 fully saturated rings. The first kappa shape index (κ1) is 18.9. The molecule has 0 radical (unpaired) electrons. The van der Waals surface area contributed by atoms with Crippen molar-refractivity contribution in [3.63, 3.8) is 0 Å². The molecular weight excluding hydrogens is 344 g/mol. The van der Waals surface area contributed by atoms with E-state index in [1.165, 1.54) is 11.1 Å². The van der Waals surface area contributed by atoms with E-state index < -0.39 is 0 Å². The summed E-state index contributed by atoms with van der Waals surface area (Å²) in [4.78, 5) is 15.1. The fourth-order valence-electron chi connectivity index (χ4n) is 4.49. The number of halogens is 1. The fourth-order valence-corrected chi connectivity index (χ4v) is 4.49. The third-order valence-corrected chi connectivity index (χ3v) is 5.72. The van der Waals surface area contributed by atoms with Crippen molar-refractivity contribution < 1.29 is 4.79 Å². The van der Waals surface area contributed by atoms with Crippen LogP contribution >= 0.6 is 12.4 Å². The standard InChI is InChI=1S/C22H26N2O.ClH/c25-21(13-7-10-17-8-3-1-4-9-17)24-16-19-14-23-15-20(19)22(24)18-11-5-2-6-12-18;/h1-6,8-9,11-12,19-20,22-23H,7,10,13-16H2;1H/t19-,20-,22-;/m0./s1. The minimum atomic E-state index is 0. The second-order valence-electron chi connectivity index (χ2n) is 7.32. The summed E-state index contributed by atoms with van der Waals surface area (Å²) in [6.45, 7) is 2.97. The van der Waals surface area contributed by atoms with E-state index in [1.54, 1.807) is 0 Å². The average Bonchev–Trinajstić information content (AvgIpc) is 3.24. The van der Waals surface area contributed by atoms with Crippen molar-refractivity contribution in [3.05, 3.63) is 71.8 Å². The van der Waals surface area contributed by atoms with Gasteiger partial charge in [-0.15, -0.1) is 12.4 Å². The van der Waals surface area contributed by atoms with Gasteiger partial charge in [0.25, 0.3) is 0 Å². The van der Waals surface area contributed by atoms with Gasteiger partial charge in [-0.05, 0) is 29.9 Å². The molecule has 2 saturated heterocycles. The van der Waals surface area contributed by atoms with Gasteiger partial charge in [-0.25, -0.2) is 0 Å². The molecule has 4 heteroatoms. The number of hydrogen-bond acceptors (Lipinski definition) is 2. The summed E-state index contributed by atoms with van der Waals surface area (Å²) >= 11 is 0. The minimum Gasteiger partial charge on any atom is -0.335 e. The van der Waals surface area contributed by atoms with Crippen LogP contribution in [0.3, 0.4) is 0 Å². The molecule has 0 aliphatic carbocycles. The molecule has 26 heavy (non-hydrogen) atoms. The van der Waals surface area contributed by atoms with E-state index in [2.05, 4.69) is 64.8 Å². The van der Waals surface area contributed by atoms with Crippen molar-refractivity contribution in [3.8, 4) is 0 Å². The number of benzene rings is 2. The maximum atomic E-state index is 13.0. The first-order valence-electron chi connectivity index (χ1n) is 9.42. The maximum absolute atomic E-state index is 13.0. The zero-order valence-electron chi connectivity index (χ0n) is 15.0. The van der Waals surface area contributed by atoms with Crippen LogP contribution in [0.4, 0.5) is 0 Å². The number of carbonyl (C=O) groups is 1. The number of amides is 1. The average molecular weight is 371 g/mol. The molecule has 2 aliphatic rings. The first-order valence-corrected chi connectivity index (χ1v) is 9.42. The Kier molecular flexibility index (Phi) is 6.33. The number of likely N-dealkylation sites (tertiary alicyclic amines) is 1. The van der Waals surface area contributed by atoms with Crippen molar-refractivity contribution in [1.82, 2.24) is 10.2 Å². The largest absolute Gasteiger partial charge is 0.335 e. The third-order valence-electron chi connectivity index (χ3n) is 5.72. The first-order chi connectivity index (χ1) is 12.3. The fraction of sp³-hybridized carbons (Fsp3) is 0.409. The third kappa shape index (κ3) is 3.94. The van der Waals surface area contributed by atoms with Gasteiger partial charge in [-0.3, -0.25) is 4.79 Å². The van der Waals surface area contributed by atoms with Crippen LogP contribution in [0.15, 0.2) is 60.7 Å². The van der Waals surface area contributed by atoms with Gasteiger partial charge in [0.2, 0.25) is 5.91 Å². The highest BCUT2D eigenvalue weighted by atomic mass is 35.5. The van der Waals surface area contributed by atoms with Gasteiger partial charge in [-0.1, -0.05) is 60.7 Å². The maximum Gasteiger partial charge on any atom is 0.223 e. The highest BCUT2D eigenvalue weighted by Gasteiger charge is 2.46. The van der Waals surface area contributed by atoms with Crippen LogP contribution in [0.25, 0.3) is 0 Å². The zero-order chi connectivity index (χ0) is 17.1. The van der Waals surface area contributed by atoms with Crippen molar-refractivity contribution in [2.45, 2.75) is 25.3 Å². The van der Waals surface area contributed by atoms with Crippen LogP contribution in [0.5, 0.6) is 0 Å². The molecule has 2 heterocycles. The van der Waals surface area contributed by atoms with Crippen LogP contribution in [0.2, 0.25) is 0 Å². The summed E-state index contributed by atoms with van der Waals surface area (Å²) < 4.78 is 0. The number of carbonyl (C=O) groups excluding carboxylic acids is 1. The van der Waals surface area contributed by atoms with E-state index in [4.69, 9.17) is 0 Å². The molecule has 1 N–H and O–H groups in total. The predicted octanol–water partition coefficient (Wildman–Crippen LogP) is 3.85. The molecule has 0 saturated carbocycles. The van der Waals surface area contributed by atoms with Gasteiger partial charge < -0.3 is 10.2 Å². The highest BCUT2D eigenvalue weighted by molar-refractivity contribution is 5.85. The lowest BCUT2D eigenvalue weighted by Crippen LogP contribution is -2.34. The monoisotopic (exact) mass is 370 g/mol. The van der Waals surface area contributed by atoms with E-state index in [0.717, 1.165) is 32.5 Å². The Balaban J connectivity index is 0.00000196. The number of rotatable bonds is 5. The molecule has 1 amide bonds. The molecular formula is C22H27ClN2O. The van der Waals surface area contributed by atoms with Gasteiger partial charge in [0, 0.05) is 32.0 Å². The smallest absolute Gasteiger partial charge is 0.223 e. The molecule has 3 atom stereocenters. The summed E-state index contributed by atoms with van der Waals surface area (Å²) in [7, 11) is 0. The van der Waals surface area contributed by atoms with Crippen LogP contribution in [0.1, 0.15) is 30.0 Å². The Labute approximate surface area is 162 Å². The van der Waals surface area contributed by atoms with Crippen LogP contribution in [-0.4, -0.2) is 30.4 Å². The second-order valence-corrected chi connectivity index (χ2v) is 7.32. The Morgan fingerprint density at radius 2 is 1.69 bits per heavy atom. The lowest BCUT2D eigenvalue weighted by Gasteiger charge is -2.28. The number of nitrogens with zero attached hydrogens (tertiary/aromatic N) is 1. The Bertz CT molecular complexity index is 707. The molecule has 0 aromatic heterocycles. The number of fused-ring (bicyclic) bond motifs is 1. The second kappa shape index (κ2) is 8.70. The van der Waals surface area contributed by atoms with Gasteiger partial charge >= 0.3 is 0 Å². The van der Waals surface area contributed by atoms with Crippen molar-refractivity contribution in [1.29, 1.82) is 0 Å². The minimum absolute atomic E-state index is 0. The normalized spacial score (nSPS) is 24.2. The molecule has 2 aromatic carbocycles. The van der Waals surface area contributed by atoms with Crippen LogP contribution in [0, 0.1) is 11.8 Å². The summed E-state index contributed by atoms with van der Waals surface area (Å²) in [6.07, 6.45) is 2.55. The van der Waals surface area contributed by atoms with Gasteiger partial charge in [0.1, 0.15) is 0 Å². The van der Waals surface area contributed by atoms with E-state index in [9.17, 15) is 4.79 Å². The molecule has 3 nitrogen and oxygen atoms in total. The summed E-state index contributed by atoms with van der Waals surface area (Å²) in [5, 5.41) is 3.51. The number of nitrogens with one attached hydrogen (secondary N) is 1. The van der Waals surface area contributed by atoms with Crippen molar-refractivity contribution in [2.24, 2.45) is 11.8 Å². The van der Waals surface area contributed by atoms with Gasteiger partial charge in [-0.2, -0.15) is 0 Å². The molecule has 0 unspecified atom stereocenters. The van der Waals surface area contributed by atoms with Crippen molar-refractivity contribution in [2.75, 3.05) is 19.6 Å². The number of aryl methyl sites for hydroxylation is 1. The lowest BCUT2D eigenvalue weighted by atomic mass is 9.89. The van der Waals surface area contributed by atoms with E-state index in [0.29, 0.717) is 24.2 Å². The van der Waals surface area contributed by atoms with E-state index in [1.807, 2.05) is 6.07 Å². The topological polar surface area (TPSA) is 32.3 Å². The SMILES string of the molecule is Cl.O=C(CCCc1ccccc1)N1C[C@@H]2CNC[C@@H]2[C@@H]1c1ccccc1. The molecule has 2 aliphatic heterocycles. The molecule has 4 rings (SSSR count). The number of hydrogen-bond donors (Lipinski definition) is 1. The van der Waals surface area contributed by atoms with Gasteiger partial charge in [0.15, 0.2) is 0 Å². The summed E-state index contributed by atoms with van der Waals surface area (Å²) in [6, 6.07) is 21.3. The summed E-state index contributed by atoms with van der Waals surface area (Å²) in [5.41, 5.74) is 2.60. The Hall–Kier alpha value is -1.84. The van der Waals surface area contributed by atoms with E-state index >= 15 is 0 Å². The Morgan fingerprint density at radius 3 is 2.42 bits per heavy atom. The highest BCUT2D eigenvalue weighted by Crippen LogP contribution is 2.42. The Morgan fingerprint density at radius 1 is 1.00 bits per heavy atom. The molecule has 0 bridgehead atoms. The predicted molar refractivity (Wildman–Crippen MR) is 107 cm³/mol. The summed E-state index contributed by atoms with van der Waals surface area (Å²) in [5.74, 6) is 1.47. The van der Waals surface area contributed by atoms with Crippen molar-refractivity contribution >= 4 is 18.3 Å². The molecule has 2 aromatic rings. The van der Waals surface area contributed by atoms with Crippen LogP contribution < -0.4 is 5.32 Å².